The molecule has 49 heavy (non-hydrogen) atoms. The van der Waals surface area contributed by atoms with Gasteiger partial charge in [0.1, 0.15) is 29.3 Å². The van der Waals surface area contributed by atoms with Crippen molar-refractivity contribution in [2.75, 3.05) is 11.9 Å². The van der Waals surface area contributed by atoms with Crippen LogP contribution in [0.1, 0.15) is 76.8 Å². The molecule has 1 aromatic heterocycles. The third kappa shape index (κ3) is 7.84. The molecule has 4 N–H and O–H groups in total. The maximum Gasteiger partial charge on any atom is 0.410 e. The number of rotatable bonds is 4. The fraction of sp³-hybridized carbons (Fsp3) is 0.576. The number of fused-ring (bicyclic) bond motifs is 3. The van der Waals surface area contributed by atoms with Crippen LogP contribution in [-0.4, -0.2) is 96.2 Å². The largest absolute Gasteiger partial charge is 0.444 e. The van der Waals surface area contributed by atoms with Crippen LogP contribution in [0.4, 0.5) is 15.5 Å². The molecule has 2 aromatic rings. The van der Waals surface area contributed by atoms with Crippen molar-refractivity contribution in [3.63, 3.8) is 0 Å². The summed E-state index contributed by atoms with van der Waals surface area (Å²) in [7, 11) is 0. The molecule has 16 heteroatoms. The molecule has 3 aliphatic heterocycles. The van der Waals surface area contributed by atoms with E-state index in [9.17, 15) is 24.0 Å². The van der Waals surface area contributed by atoms with Crippen LogP contribution in [0.5, 0.6) is 0 Å². The van der Waals surface area contributed by atoms with Crippen LogP contribution in [0.15, 0.2) is 36.4 Å². The molecule has 16 nitrogen and oxygen atoms in total. The lowest BCUT2D eigenvalue weighted by molar-refractivity contribution is -0.141. The fourth-order valence-corrected chi connectivity index (χ4v) is 6.72. The molecule has 0 radical (unpaired) electrons. The molecule has 5 atom stereocenters. The van der Waals surface area contributed by atoms with Gasteiger partial charge in [0, 0.05) is 25.4 Å². The molecule has 0 unspecified atom stereocenters. The van der Waals surface area contributed by atoms with Gasteiger partial charge >= 0.3 is 12.2 Å². The molecule has 5 amide bonds. The number of hydrogen-bond donors (Lipinski definition) is 4. The quantitative estimate of drug-likeness (QED) is 0.349. The number of benzene rings is 1. The van der Waals surface area contributed by atoms with E-state index < -0.39 is 59.2 Å². The molecular weight excluding hydrogens is 634 g/mol. The standard InChI is InChI=1S/C33H43N9O7/c1-32(2,3)49-30(46)34-24-14-8-6-4-5-7-13-22-16-33(22,28(45)35-29-37-39-40-38-29)36-26(43)25-15-23(19-42(25)27(24)44)48-31(47)41-17-20-11-9-10-12-21(20)18-41/h7,9-13,22-25H,4-6,8,14-19H2,1-3H3,(H,34,46)(H,36,43)(H2,35,37,38,39,40,45)/b13-7-/t22-,23+,24-,25-,33+/m0/s1. The third-order valence-corrected chi connectivity index (χ3v) is 9.27. The SMILES string of the molecule is CC(C)(C)OC(=O)N[C@H]1CCCCC/C=C\[C@H]2C[C@@]2(C(=O)Nc2nn[nH]n2)NC(=O)[C@@H]2C[C@@H](OC(=O)N3Cc4ccccc4C3)CN2C1=O. The molecule has 6 rings (SSSR count). The Morgan fingerprint density at radius 1 is 1.06 bits per heavy atom. The van der Waals surface area contributed by atoms with Crippen molar-refractivity contribution in [3.05, 3.63) is 47.5 Å². The van der Waals surface area contributed by atoms with Gasteiger partial charge in [-0.05, 0) is 62.8 Å². The molecule has 4 heterocycles. The predicted molar refractivity (Wildman–Crippen MR) is 173 cm³/mol. The Morgan fingerprint density at radius 2 is 1.82 bits per heavy atom. The number of ether oxygens (including phenoxy) is 2. The van der Waals surface area contributed by atoms with Crippen molar-refractivity contribution in [2.45, 2.75) is 108 Å². The molecule has 1 saturated heterocycles. The van der Waals surface area contributed by atoms with Crippen LogP contribution >= 0.6 is 0 Å². The lowest BCUT2D eigenvalue weighted by atomic mass is 10.0. The normalized spacial score (nSPS) is 27.7. The zero-order chi connectivity index (χ0) is 34.8. The summed E-state index contributed by atoms with van der Waals surface area (Å²) in [5.74, 6) is -1.93. The lowest BCUT2D eigenvalue weighted by Crippen LogP contribution is -2.57. The first kappa shape index (κ1) is 33.9. The predicted octanol–water partition coefficient (Wildman–Crippen LogP) is 2.55. The second kappa shape index (κ2) is 13.8. The first-order chi connectivity index (χ1) is 23.4. The molecule has 1 aromatic carbocycles. The smallest absolute Gasteiger partial charge is 0.410 e. The van der Waals surface area contributed by atoms with Crippen LogP contribution in [0.2, 0.25) is 0 Å². The number of alkyl carbamates (subject to hydrolysis) is 1. The first-order valence-electron chi connectivity index (χ1n) is 16.8. The van der Waals surface area contributed by atoms with Gasteiger partial charge in [-0.1, -0.05) is 54.4 Å². The molecule has 2 fully saturated rings. The van der Waals surface area contributed by atoms with Gasteiger partial charge in [0.15, 0.2) is 0 Å². The van der Waals surface area contributed by atoms with Crippen LogP contribution in [0.25, 0.3) is 0 Å². The van der Waals surface area contributed by atoms with Crippen molar-refractivity contribution in [3.8, 4) is 0 Å². The van der Waals surface area contributed by atoms with E-state index in [-0.39, 0.29) is 24.8 Å². The van der Waals surface area contributed by atoms with Crippen LogP contribution in [0.3, 0.4) is 0 Å². The minimum absolute atomic E-state index is 0.00626. The number of amides is 5. The average Bonchev–Trinajstić information content (AvgIpc) is 3.47. The summed E-state index contributed by atoms with van der Waals surface area (Å²) in [4.78, 5) is 71.1. The molecule has 0 spiro atoms. The van der Waals surface area contributed by atoms with E-state index in [1.54, 1.807) is 25.7 Å². The van der Waals surface area contributed by atoms with Gasteiger partial charge in [0.25, 0.3) is 11.9 Å². The lowest BCUT2D eigenvalue weighted by Gasteiger charge is -2.30. The van der Waals surface area contributed by atoms with Crippen LogP contribution < -0.4 is 16.0 Å². The number of aromatic nitrogens is 4. The van der Waals surface area contributed by atoms with Crippen molar-refractivity contribution in [2.24, 2.45) is 5.92 Å². The van der Waals surface area contributed by atoms with Gasteiger partial charge < -0.3 is 25.0 Å². The van der Waals surface area contributed by atoms with E-state index in [1.807, 2.05) is 36.4 Å². The number of hydrogen-bond acceptors (Lipinski definition) is 10. The van der Waals surface area contributed by atoms with E-state index in [0.717, 1.165) is 30.4 Å². The Kier molecular flexibility index (Phi) is 9.56. The van der Waals surface area contributed by atoms with Gasteiger partial charge in [0.05, 0.1) is 6.54 Å². The number of anilines is 1. The maximum absolute atomic E-state index is 14.3. The summed E-state index contributed by atoms with van der Waals surface area (Å²) in [6.07, 6.45) is 5.47. The summed E-state index contributed by atoms with van der Waals surface area (Å²) in [6.45, 7) is 5.90. The number of carbonyl (C=O) groups excluding carboxylic acids is 5. The number of carbonyl (C=O) groups is 5. The topological polar surface area (TPSA) is 201 Å². The minimum atomic E-state index is -1.31. The highest BCUT2D eigenvalue weighted by molar-refractivity contribution is 6.04. The minimum Gasteiger partial charge on any atom is -0.444 e. The summed E-state index contributed by atoms with van der Waals surface area (Å²) in [5, 5.41) is 21.6. The second-order valence-corrected chi connectivity index (χ2v) is 14.1. The fourth-order valence-electron chi connectivity index (χ4n) is 6.72. The zero-order valence-corrected chi connectivity index (χ0v) is 27.9. The van der Waals surface area contributed by atoms with Gasteiger partial charge in [-0.25, -0.2) is 9.59 Å². The third-order valence-electron chi connectivity index (χ3n) is 9.27. The van der Waals surface area contributed by atoms with E-state index in [2.05, 4.69) is 36.6 Å². The summed E-state index contributed by atoms with van der Waals surface area (Å²) >= 11 is 0. The number of aromatic amines is 1. The van der Waals surface area contributed by atoms with Gasteiger partial charge in [-0.3, -0.25) is 24.6 Å². The molecule has 4 aliphatic rings. The first-order valence-corrected chi connectivity index (χ1v) is 16.8. The Morgan fingerprint density at radius 3 is 2.51 bits per heavy atom. The highest BCUT2D eigenvalue weighted by atomic mass is 16.6. The van der Waals surface area contributed by atoms with Crippen molar-refractivity contribution >= 4 is 35.9 Å². The van der Waals surface area contributed by atoms with E-state index in [1.165, 1.54) is 4.90 Å². The number of nitrogens with zero attached hydrogens (tertiary/aromatic N) is 5. The Hall–Kier alpha value is -5.02. The summed E-state index contributed by atoms with van der Waals surface area (Å²) in [6, 6.07) is 5.67. The molecule has 1 aliphatic carbocycles. The van der Waals surface area contributed by atoms with Gasteiger partial charge in [-0.2, -0.15) is 5.21 Å². The number of allylic oxidation sites excluding steroid dienone is 1. The highest BCUT2D eigenvalue weighted by Gasteiger charge is 2.61. The highest BCUT2D eigenvalue weighted by Crippen LogP contribution is 2.46. The number of tetrazole rings is 1. The summed E-state index contributed by atoms with van der Waals surface area (Å²) in [5.41, 5.74) is -0.0443. The van der Waals surface area contributed by atoms with E-state index >= 15 is 0 Å². The summed E-state index contributed by atoms with van der Waals surface area (Å²) < 4.78 is 11.4. The Balaban J connectivity index is 1.24. The van der Waals surface area contributed by atoms with E-state index in [4.69, 9.17) is 9.47 Å². The van der Waals surface area contributed by atoms with Gasteiger partial charge in [-0.15, -0.1) is 5.10 Å². The average molecular weight is 678 g/mol. The Labute approximate surface area is 283 Å². The van der Waals surface area contributed by atoms with Crippen LogP contribution in [-0.2, 0) is 36.9 Å². The zero-order valence-electron chi connectivity index (χ0n) is 27.9. The van der Waals surface area contributed by atoms with Crippen LogP contribution in [0, 0.1) is 5.92 Å². The van der Waals surface area contributed by atoms with Crippen molar-refractivity contribution < 1.29 is 33.4 Å². The Bertz CT molecular complexity index is 1580. The molecule has 1 saturated carbocycles. The molecule has 0 bridgehead atoms. The molecular formula is C33H43N9O7. The van der Waals surface area contributed by atoms with Crippen molar-refractivity contribution in [1.29, 1.82) is 0 Å². The molecule has 262 valence electrons. The number of nitrogens with one attached hydrogen (secondary N) is 4. The maximum atomic E-state index is 14.3. The second-order valence-electron chi connectivity index (χ2n) is 14.1. The van der Waals surface area contributed by atoms with Gasteiger partial charge in [0.2, 0.25) is 11.8 Å². The number of H-pyrrole nitrogens is 1. The van der Waals surface area contributed by atoms with Crippen molar-refractivity contribution in [1.82, 2.24) is 41.1 Å². The monoisotopic (exact) mass is 677 g/mol. The van der Waals surface area contributed by atoms with E-state index in [0.29, 0.717) is 32.4 Å².